The molecule has 0 aliphatic carbocycles. The molecule has 2 aliphatic heterocycles. The van der Waals surface area contributed by atoms with E-state index in [9.17, 15) is 0 Å². The molecule has 4 aromatic heterocycles. The molecule has 0 saturated heterocycles. The van der Waals surface area contributed by atoms with E-state index in [1.165, 1.54) is 65.5 Å². The lowest BCUT2D eigenvalue weighted by Gasteiger charge is -2.39. The lowest BCUT2D eigenvalue weighted by atomic mass is 9.75. The van der Waals surface area contributed by atoms with Crippen molar-refractivity contribution in [3.05, 3.63) is 229 Å². The lowest BCUT2D eigenvalue weighted by Crippen LogP contribution is -2.38. The maximum absolute atomic E-state index is 6.97. The molecule has 298 valence electrons. The minimum absolute atomic E-state index is 0.687. The van der Waals surface area contributed by atoms with Gasteiger partial charge in [0.05, 0.1) is 38.8 Å². The Balaban J connectivity index is 1.01. The summed E-state index contributed by atoms with van der Waals surface area (Å²) in [5, 5.41) is 12.3. The highest BCUT2D eigenvalue weighted by Crippen LogP contribution is 2.58. The zero-order chi connectivity index (χ0) is 41.7. The normalized spacial score (nSPS) is 15.1. The average Bonchev–Trinajstić information content (AvgIpc) is 4.17. The fourth-order valence-corrected chi connectivity index (χ4v) is 11.5. The van der Waals surface area contributed by atoms with Crippen molar-refractivity contribution >= 4 is 65.4 Å². The summed E-state index contributed by atoms with van der Waals surface area (Å²) in [6, 6.07) is 74.9. The molecule has 0 fully saturated rings. The fourth-order valence-electron chi connectivity index (χ4n) is 11.5. The van der Waals surface area contributed by atoms with Gasteiger partial charge in [-0.3, -0.25) is 0 Å². The number of nitrogens with zero attached hydrogens (tertiary/aromatic N) is 5. The first-order valence-electron chi connectivity index (χ1n) is 21.9. The molecule has 0 N–H and O–H groups in total. The Morgan fingerprint density at radius 1 is 0.344 bits per heavy atom. The third-order valence-electron chi connectivity index (χ3n) is 14.1. The topological polar surface area (TPSA) is 41.8 Å². The predicted molar refractivity (Wildman–Crippen MR) is 259 cm³/mol. The Morgan fingerprint density at radius 3 is 1.36 bits per heavy atom. The Kier molecular flexibility index (Phi) is 6.53. The Bertz CT molecular complexity index is 3860. The van der Waals surface area contributed by atoms with Crippen molar-refractivity contribution in [1.29, 1.82) is 0 Å². The van der Waals surface area contributed by atoms with Crippen LogP contribution in [0.25, 0.3) is 93.7 Å². The van der Waals surface area contributed by atoms with Gasteiger partial charge in [0.25, 0.3) is 0 Å². The fraction of sp³-hybridized carbons (Fsp3) is 0.0172. The van der Waals surface area contributed by atoms with Crippen LogP contribution in [0.2, 0.25) is 0 Å². The van der Waals surface area contributed by atoms with E-state index in [0.717, 1.165) is 56.4 Å². The summed E-state index contributed by atoms with van der Waals surface area (Å²) in [7, 11) is 0. The molecular weight excluding hydrogens is 783 g/mol. The summed E-state index contributed by atoms with van der Waals surface area (Å²) in [4.78, 5) is 0. The standard InChI is InChI=1S/C58H35N5O/c1-6-18-46-43(17-1)55-31-32-59-63(55)58(46)47-19-7-12-24-56(47)64-57-35-38(25-28-48(57)58)62-53-29-26-36(60-49-20-8-2-13-39(49)40-14-3-9-21-50(40)60)33-44(53)45-34-37(27-30-54(45)62)61-51-22-10-4-15-41(51)42-16-5-11-23-52(42)61/h1-35H. The zero-order valence-electron chi connectivity index (χ0n) is 34.4. The van der Waals surface area contributed by atoms with Crippen molar-refractivity contribution in [3.8, 4) is 39.8 Å². The maximum Gasteiger partial charge on any atom is 0.146 e. The van der Waals surface area contributed by atoms with Gasteiger partial charge in [-0.25, -0.2) is 4.68 Å². The number of ether oxygens (including phenoxy) is 1. The summed E-state index contributed by atoms with van der Waals surface area (Å²) in [6.07, 6.45) is 1.92. The number of hydrogen-bond acceptors (Lipinski definition) is 2. The van der Waals surface area contributed by atoms with Gasteiger partial charge in [0, 0.05) is 78.3 Å². The molecule has 1 unspecified atom stereocenters. The van der Waals surface area contributed by atoms with Crippen molar-refractivity contribution < 1.29 is 4.74 Å². The van der Waals surface area contributed by atoms with Crippen LogP contribution >= 0.6 is 0 Å². The largest absolute Gasteiger partial charge is 0.456 e. The van der Waals surface area contributed by atoms with Crippen LogP contribution in [-0.2, 0) is 5.54 Å². The van der Waals surface area contributed by atoms with Gasteiger partial charge in [-0.2, -0.15) is 5.10 Å². The van der Waals surface area contributed by atoms with Gasteiger partial charge in [-0.15, -0.1) is 0 Å². The lowest BCUT2D eigenvalue weighted by molar-refractivity contribution is 0.382. The van der Waals surface area contributed by atoms with E-state index < -0.39 is 5.54 Å². The SMILES string of the molecule is c1ccc2c(c1)Oc1cc(-n3c4ccc(-n5c6ccccc6c6ccccc65)cc4c4cc(-n5c6ccccc6c6ccccc65)ccc43)ccc1C21c2ccccc2-c2ccnn21. The molecule has 9 aromatic carbocycles. The average molecular weight is 818 g/mol. The first-order chi connectivity index (χ1) is 31.8. The molecule has 6 nitrogen and oxygen atoms in total. The summed E-state index contributed by atoms with van der Waals surface area (Å²) >= 11 is 0. The van der Waals surface area contributed by atoms with Gasteiger partial charge in [0.1, 0.15) is 17.0 Å². The molecule has 0 radical (unpaired) electrons. The number of para-hydroxylation sites is 5. The smallest absolute Gasteiger partial charge is 0.146 e. The van der Waals surface area contributed by atoms with Gasteiger partial charge in [-0.1, -0.05) is 121 Å². The van der Waals surface area contributed by atoms with Crippen molar-refractivity contribution in [2.24, 2.45) is 0 Å². The van der Waals surface area contributed by atoms with Crippen LogP contribution in [0.15, 0.2) is 212 Å². The maximum atomic E-state index is 6.97. The van der Waals surface area contributed by atoms with Crippen LogP contribution in [0.1, 0.15) is 16.7 Å². The molecule has 1 atom stereocenters. The van der Waals surface area contributed by atoms with Crippen LogP contribution in [0.5, 0.6) is 11.5 Å². The van der Waals surface area contributed by atoms with Crippen molar-refractivity contribution in [3.63, 3.8) is 0 Å². The number of fused-ring (bicyclic) bond motifs is 18. The summed E-state index contributed by atoms with van der Waals surface area (Å²) in [5.74, 6) is 1.65. The predicted octanol–water partition coefficient (Wildman–Crippen LogP) is 14.1. The van der Waals surface area contributed by atoms with Gasteiger partial charge in [0.15, 0.2) is 0 Å². The van der Waals surface area contributed by atoms with E-state index >= 15 is 0 Å². The third-order valence-corrected chi connectivity index (χ3v) is 14.1. The Morgan fingerprint density at radius 2 is 0.781 bits per heavy atom. The van der Waals surface area contributed by atoms with Gasteiger partial charge in [0.2, 0.25) is 0 Å². The van der Waals surface area contributed by atoms with Crippen molar-refractivity contribution in [1.82, 2.24) is 23.5 Å². The van der Waals surface area contributed by atoms with Crippen LogP contribution in [0.4, 0.5) is 0 Å². The van der Waals surface area contributed by atoms with Crippen molar-refractivity contribution in [2.45, 2.75) is 5.54 Å². The van der Waals surface area contributed by atoms with Crippen molar-refractivity contribution in [2.75, 3.05) is 0 Å². The zero-order valence-corrected chi connectivity index (χ0v) is 34.4. The van der Waals surface area contributed by atoms with E-state index in [1.807, 2.05) is 6.20 Å². The van der Waals surface area contributed by atoms with E-state index in [-0.39, 0.29) is 0 Å². The molecule has 2 aliphatic rings. The van der Waals surface area contributed by atoms with E-state index in [1.54, 1.807) is 0 Å². The monoisotopic (exact) mass is 817 g/mol. The highest BCUT2D eigenvalue weighted by atomic mass is 16.5. The minimum atomic E-state index is -0.687. The van der Waals surface area contributed by atoms with Gasteiger partial charge in [-0.05, 0) is 84.4 Å². The molecule has 6 heteroatoms. The number of hydrogen-bond donors (Lipinski definition) is 0. The summed E-state index contributed by atoms with van der Waals surface area (Å²) in [6.45, 7) is 0. The molecule has 13 aromatic rings. The first-order valence-corrected chi connectivity index (χ1v) is 21.9. The van der Waals surface area contributed by atoms with E-state index in [4.69, 9.17) is 9.84 Å². The molecule has 0 saturated carbocycles. The first kappa shape index (κ1) is 34.0. The van der Waals surface area contributed by atoms with Crippen LogP contribution in [-0.4, -0.2) is 23.5 Å². The van der Waals surface area contributed by atoms with Crippen LogP contribution in [0.3, 0.4) is 0 Å². The Hall–Kier alpha value is -8.61. The molecule has 15 rings (SSSR count). The summed E-state index contributed by atoms with van der Waals surface area (Å²) < 4.78 is 16.4. The van der Waals surface area contributed by atoms with Gasteiger partial charge < -0.3 is 18.4 Å². The minimum Gasteiger partial charge on any atom is -0.456 e. The number of rotatable bonds is 3. The van der Waals surface area contributed by atoms with Crippen LogP contribution < -0.4 is 4.74 Å². The Labute approximate surface area is 366 Å². The molecule has 6 heterocycles. The highest BCUT2D eigenvalue weighted by molar-refractivity contribution is 6.14. The number of benzene rings is 9. The second-order valence-electron chi connectivity index (χ2n) is 17.1. The molecule has 64 heavy (non-hydrogen) atoms. The number of aromatic nitrogens is 5. The molecular formula is C58H35N5O. The second-order valence-corrected chi connectivity index (χ2v) is 17.1. The summed E-state index contributed by atoms with van der Waals surface area (Å²) in [5.41, 5.74) is 15.2. The highest BCUT2D eigenvalue weighted by Gasteiger charge is 2.52. The van der Waals surface area contributed by atoms with Crippen LogP contribution in [0, 0.1) is 0 Å². The molecule has 0 amide bonds. The third kappa shape index (κ3) is 4.22. The molecule has 0 bridgehead atoms. The van der Waals surface area contributed by atoms with Gasteiger partial charge >= 0.3 is 0 Å². The molecule has 1 spiro atoms. The van der Waals surface area contributed by atoms with E-state index in [2.05, 4.69) is 225 Å². The van der Waals surface area contributed by atoms with E-state index in [0.29, 0.717) is 0 Å². The second kappa shape index (κ2) is 12.3. The quantitative estimate of drug-likeness (QED) is 0.178.